The SMILES string of the molecule is CCCCCCCCCCCCCC=CC(CC(=O)N(CCCO)CCCO)C(=O)O. The molecule has 0 bridgehead atoms. The van der Waals surface area contributed by atoms with Crippen molar-refractivity contribution in [3.8, 4) is 0 Å². The van der Waals surface area contributed by atoms with Crippen LogP contribution in [-0.4, -0.2) is 58.4 Å². The number of allylic oxidation sites excluding steroid dienone is 1. The Kier molecular flexibility index (Phi) is 20.8. The maximum Gasteiger partial charge on any atom is 0.310 e. The van der Waals surface area contributed by atoms with Crippen LogP contribution in [0, 0.1) is 5.92 Å². The molecule has 6 nitrogen and oxygen atoms in total. The molecule has 0 saturated carbocycles. The average Bonchev–Trinajstić information content (AvgIpc) is 2.75. The van der Waals surface area contributed by atoms with E-state index in [0.29, 0.717) is 25.9 Å². The minimum Gasteiger partial charge on any atom is -0.481 e. The zero-order valence-electron chi connectivity index (χ0n) is 19.8. The summed E-state index contributed by atoms with van der Waals surface area (Å²) >= 11 is 0. The summed E-state index contributed by atoms with van der Waals surface area (Å²) < 4.78 is 0. The lowest BCUT2D eigenvalue weighted by Gasteiger charge is -2.23. The van der Waals surface area contributed by atoms with Crippen molar-refractivity contribution in [3.05, 3.63) is 12.2 Å². The Labute approximate surface area is 189 Å². The lowest BCUT2D eigenvalue weighted by molar-refractivity contribution is -0.144. The molecule has 0 saturated heterocycles. The number of unbranched alkanes of at least 4 members (excludes halogenated alkanes) is 11. The number of aliphatic hydroxyl groups excluding tert-OH is 2. The molecule has 6 heteroatoms. The molecule has 1 atom stereocenters. The van der Waals surface area contributed by atoms with Gasteiger partial charge in [0.25, 0.3) is 0 Å². The molecular formula is C25H47NO5. The van der Waals surface area contributed by atoms with Gasteiger partial charge in [0.1, 0.15) is 0 Å². The fourth-order valence-electron chi connectivity index (χ4n) is 3.63. The van der Waals surface area contributed by atoms with Crippen LogP contribution < -0.4 is 0 Å². The van der Waals surface area contributed by atoms with Crippen LogP contribution in [0.4, 0.5) is 0 Å². The Bertz CT molecular complexity index is 459. The van der Waals surface area contributed by atoms with Gasteiger partial charge in [-0.2, -0.15) is 0 Å². The standard InChI is InChI=1S/C25H47NO5/c1-2-3-4-5-6-7-8-9-10-11-12-13-14-17-23(25(30)31)22-24(29)26(18-15-20-27)19-16-21-28/h14,17,23,27-28H,2-13,15-16,18-22H2,1H3,(H,30,31). The van der Waals surface area contributed by atoms with Gasteiger partial charge in [-0.3, -0.25) is 9.59 Å². The van der Waals surface area contributed by atoms with Crippen LogP contribution in [0.15, 0.2) is 12.2 Å². The number of carboxylic acid groups (broad SMARTS) is 1. The minimum absolute atomic E-state index is 0.0237. The second-order valence-corrected chi connectivity index (χ2v) is 8.44. The normalized spacial score (nSPS) is 12.4. The second-order valence-electron chi connectivity index (χ2n) is 8.44. The van der Waals surface area contributed by atoms with Gasteiger partial charge in [-0.25, -0.2) is 0 Å². The molecule has 0 fully saturated rings. The van der Waals surface area contributed by atoms with Crippen LogP contribution in [0.25, 0.3) is 0 Å². The molecule has 0 aliphatic rings. The molecule has 0 aromatic carbocycles. The number of rotatable bonds is 22. The van der Waals surface area contributed by atoms with E-state index in [9.17, 15) is 14.7 Å². The highest BCUT2D eigenvalue weighted by atomic mass is 16.4. The van der Waals surface area contributed by atoms with Gasteiger partial charge in [0.2, 0.25) is 5.91 Å². The highest BCUT2D eigenvalue weighted by molar-refractivity contribution is 5.83. The first-order chi connectivity index (χ1) is 15.1. The molecule has 0 aromatic heterocycles. The van der Waals surface area contributed by atoms with Crippen molar-refractivity contribution in [1.29, 1.82) is 0 Å². The Morgan fingerprint density at radius 2 is 1.26 bits per heavy atom. The minimum atomic E-state index is -0.993. The number of nitrogens with zero attached hydrogens (tertiary/aromatic N) is 1. The maximum absolute atomic E-state index is 12.5. The van der Waals surface area contributed by atoms with Crippen molar-refractivity contribution in [2.45, 2.75) is 103 Å². The lowest BCUT2D eigenvalue weighted by Crippen LogP contribution is -2.35. The zero-order valence-corrected chi connectivity index (χ0v) is 19.8. The third kappa shape index (κ3) is 17.9. The van der Waals surface area contributed by atoms with Gasteiger partial charge in [0, 0.05) is 32.7 Å². The number of hydrogen-bond donors (Lipinski definition) is 3. The van der Waals surface area contributed by atoms with Gasteiger partial charge in [-0.05, 0) is 25.7 Å². The summed E-state index contributed by atoms with van der Waals surface area (Å²) in [5.41, 5.74) is 0. The van der Waals surface area contributed by atoms with Crippen LogP contribution in [0.3, 0.4) is 0 Å². The number of carbonyl (C=O) groups excluding carboxylic acids is 1. The molecule has 0 radical (unpaired) electrons. The zero-order chi connectivity index (χ0) is 23.2. The van der Waals surface area contributed by atoms with Gasteiger partial charge in [-0.1, -0.05) is 83.3 Å². The van der Waals surface area contributed by atoms with Crippen molar-refractivity contribution in [1.82, 2.24) is 4.90 Å². The number of amides is 1. The van der Waals surface area contributed by atoms with Crippen LogP contribution in [0.5, 0.6) is 0 Å². The van der Waals surface area contributed by atoms with Crippen molar-refractivity contribution in [2.24, 2.45) is 5.92 Å². The predicted molar refractivity (Wildman–Crippen MR) is 126 cm³/mol. The van der Waals surface area contributed by atoms with E-state index in [2.05, 4.69) is 6.92 Å². The summed E-state index contributed by atoms with van der Waals surface area (Å²) in [6, 6.07) is 0. The topological polar surface area (TPSA) is 98.1 Å². The summed E-state index contributed by atoms with van der Waals surface area (Å²) in [5.74, 6) is -2.06. The third-order valence-electron chi connectivity index (χ3n) is 5.58. The first-order valence-corrected chi connectivity index (χ1v) is 12.5. The van der Waals surface area contributed by atoms with E-state index in [0.717, 1.165) is 19.3 Å². The number of aliphatic hydroxyl groups is 2. The van der Waals surface area contributed by atoms with Crippen molar-refractivity contribution in [3.63, 3.8) is 0 Å². The summed E-state index contributed by atoms with van der Waals surface area (Å²) in [7, 11) is 0. The van der Waals surface area contributed by atoms with Crippen molar-refractivity contribution >= 4 is 11.9 Å². The third-order valence-corrected chi connectivity index (χ3v) is 5.58. The molecule has 0 rings (SSSR count). The number of carboxylic acids is 1. The van der Waals surface area contributed by atoms with Gasteiger partial charge >= 0.3 is 5.97 Å². The largest absolute Gasteiger partial charge is 0.481 e. The van der Waals surface area contributed by atoms with Crippen LogP contribution >= 0.6 is 0 Å². The molecule has 3 N–H and O–H groups in total. The maximum atomic E-state index is 12.5. The van der Waals surface area contributed by atoms with Crippen LogP contribution in [0.2, 0.25) is 0 Å². The molecule has 0 spiro atoms. The first-order valence-electron chi connectivity index (χ1n) is 12.5. The van der Waals surface area contributed by atoms with Gasteiger partial charge < -0.3 is 20.2 Å². The summed E-state index contributed by atoms with van der Waals surface area (Å²) in [6.07, 6.45) is 19.3. The highest BCUT2D eigenvalue weighted by Gasteiger charge is 2.22. The van der Waals surface area contributed by atoms with E-state index < -0.39 is 11.9 Å². The monoisotopic (exact) mass is 441 g/mol. The molecule has 0 aliphatic carbocycles. The number of hydrogen-bond acceptors (Lipinski definition) is 4. The second kappa shape index (κ2) is 21.8. The fraction of sp³-hybridized carbons (Fsp3) is 0.840. The Hall–Kier alpha value is -1.40. The Morgan fingerprint density at radius 3 is 1.71 bits per heavy atom. The number of carbonyl (C=O) groups is 2. The molecule has 1 amide bonds. The van der Waals surface area contributed by atoms with E-state index in [4.69, 9.17) is 10.2 Å². The van der Waals surface area contributed by atoms with E-state index in [1.165, 1.54) is 57.8 Å². The predicted octanol–water partition coefficient (Wildman–Crippen LogP) is 4.93. The molecule has 1 unspecified atom stereocenters. The summed E-state index contributed by atoms with van der Waals surface area (Å²) in [5, 5.41) is 27.4. The van der Waals surface area contributed by atoms with E-state index in [1.54, 1.807) is 11.0 Å². The Morgan fingerprint density at radius 1 is 0.774 bits per heavy atom. The van der Waals surface area contributed by atoms with Crippen molar-refractivity contribution in [2.75, 3.05) is 26.3 Å². The smallest absolute Gasteiger partial charge is 0.310 e. The fourth-order valence-corrected chi connectivity index (χ4v) is 3.63. The molecule has 0 aliphatic heterocycles. The van der Waals surface area contributed by atoms with Gasteiger partial charge in [-0.15, -0.1) is 0 Å². The van der Waals surface area contributed by atoms with E-state index >= 15 is 0 Å². The highest BCUT2D eigenvalue weighted by Crippen LogP contribution is 2.14. The molecule has 31 heavy (non-hydrogen) atoms. The Balaban J connectivity index is 4.06. The molecule has 0 aromatic rings. The molecular weight excluding hydrogens is 394 g/mol. The van der Waals surface area contributed by atoms with E-state index in [1.807, 2.05) is 6.08 Å². The lowest BCUT2D eigenvalue weighted by atomic mass is 10.0. The molecule has 182 valence electrons. The summed E-state index contributed by atoms with van der Waals surface area (Å²) in [4.78, 5) is 25.5. The average molecular weight is 442 g/mol. The first kappa shape index (κ1) is 29.6. The van der Waals surface area contributed by atoms with Gasteiger partial charge in [0.15, 0.2) is 0 Å². The van der Waals surface area contributed by atoms with Crippen molar-refractivity contribution < 1.29 is 24.9 Å². The van der Waals surface area contributed by atoms with Crippen LogP contribution in [-0.2, 0) is 9.59 Å². The quantitative estimate of drug-likeness (QED) is 0.163. The summed E-state index contributed by atoms with van der Waals surface area (Å²) in [6.45, 7) is 2.95. The van der Waals surface area contributed by atoms with Gasteiger partial charge in [0.05, 0.1) is 5.92 Å². The number of aliphatic carboxylic acids is 1. The molecule has 0 heterocycles. The van der Waals surface area contributed by atoms with Crippen LogP contribution in [0.1, 0.15) is 103 Å². The van der Waals surface area contributed by atoms with E-state index in [-0.39, 0.29) is 25.5 Å².